The van der Waals surface area contributed by atoms with Crippen LogP contribution in [0.1, 0.15) is 11.1 Å². The van der Waals surface area contributed by atoms with E-state index in [-0.39, 0.29) is 11.3 Å². The first-order valence-electron chi connectivity index (χ1n) is 3.69. The topological polar surface area (TPSA) is 42.4 Å². The van der Waals surface area contributed by atoms with Crippen LogP contribution in [0.3, 0.4) is 0 Å². The molecule has 0 aromatic carbocycles. The van der Waals surface area contributed by atoms with E-state index in [9.17, 15) is 13.2 Å². The molecule has 1 rings (SSSR count). The van der Waals surface area contributed by atoms with Crippen molar-refractivity contribution in [2.24, 2.45) is 0 Å². The van der Waals surface area contributed by atoms with Crippen molar-refractivity contribution in [3.8, 4) is 5.75 Å². The number of hydrogen-bond acceptors (Lipinski definition) is 3. The quantitative estimate of drug-likeness (QED) is 0.800. The number of nitrogens with zero attached hydrogens (tertiary/aromatic N) is 1. The zero-order valence-electron chi connectivity index (χ0n) is 7.30. The summed E-state index contributed by atoms with van der Waals surface area (Å²) in [6.45, 7) is -0.723. The van der Waals surface area contributed by atoms with E-state index < -0.39 is 18.3 Å². The maximum Gasteiger partial charge on any atom is 0.420 e. The maximum absolute atomic E-state index is 12.5. The minimum atomic E-state index is -4.55. The molecule has 0 spiro atoms. The Labute approximate surface area is 78.2 Å². The number of methoxy groups -OCH3 is 1. The van der Waals surface area contributed by atoms with Gasteiger partial charge in [-0.1, -0.05) is 0 Å². The molecule has 0 amide bonds. The molecular weight excluding hydrogens is 199 g/mol. The van der Waals surface area contributed by atoms with Gasteiger partial charge in [-0.3, -0.25) is 4.98 Å². The molecule has 3 nitrogen and oxygen atoms in total. The molecule has 78 valence electrons. The van der Waals surface area contributed by atoms with Gasteiger partial charge in [0.1, 0.15) is 11.3 Å². The summed E-state index contributed by atoms with van der Waals surface area (Å²) in [5, 5.41) is 8.71. The number of halogens is 3. The van der Waals surface area contributed by atoms with Gasteiger partial charge in [-0.25, -0.2) is 0 Å². The second-order valence-corrected chi connectivity index (χ2v) is 2.53. The second-order valence-electron chi connectivity index (χ2n) is 2.53. The number of aromatic nitrogens is 1. The Hall–Kier alpha value is -1.30. The van der Waals surface area contributed by atoms with E-state index in [2.05, 4.69) is 9.72 Å². The molecule has 0 radical (unpaired) electrons. The van der Waals surface area contributed by atoms with Crippen molar-refractivity contribution in [1.29, 1.82) is 0 Å². The highest BCUT2D eigenvalue weighted by Crippen LogP contribution is 2.37. The summed E-state index contributed by atoms with van der Waals surface area (Å²) in [7, 11) is 1.12. The van der Waals surface area contributed by atoms with Gasteiger partial charge in [-0.15, -0.1) is 0 Å². The lowest BCUT2D eigenvalue weighted by Gasteiger charge is -2.14. The summed E-state index contributed by atoms with van der Waals surface area (Å²) in [5.74, 6) is -0.385. The minimum Gasteiger partial charge on any atom is -0.494 e. The highest BCUT2D eigenvalue weighted by molar-refractivity contribution is 5.39. The summed E-state index contributed by atoms with van der Waals surface area (Å²) in [6, 6.07) is 0. The zero-order valence-corrected chi connectivity index (χ0v) is 7.30. The predicted molar refractivity (Wildman–Crippen MR) is 41.7 cm³/mol. The number of pyridine rings is 1. The molecule has 0 aliphatic rings. The van der Waals surface area contributed by atoms with Crippen molar-refractivity contribution in [2.75, 3.05) is 7.11 Å². The number of hydrogen-bond donors (Lipinski definition) is 1. The predicted octanol–water partition coefficient (Wildman–Crippen LogP) is 1.60. The molecule has 1 heterocycles. The Bertz CT molecular complexity index is 303. The lowest BCUT2D eigenvalue weighted by Crippen LogP contribution is -2.12. The summed E-state index contributed by atoms with van der Waals surface area (Å²) in [5.41, 5.74) is -1.27. The van der Waals surface area contributed by atoms with E-state index in [0.29, 0.717) is 0 Å². The molecule has 0 saturated heterocycles. The molecule has 1 aromatic heterocycles. The number of aliphatic hydroxyl groups excluding tert-OH is 1. The van der Waals surface area contributed by atoms with Gasteiger partial charge in [0, 0.05) is 11.8 Å². The molecule has 0 aliphatic carbocycles. The second kappa shape index (κ2) is 3.83. The molecule has 0 saturated carbocycles. The van der Waals surface area contributed by atoms with Crippen LogP contribution in [0, 0.1) is 0 Å². The van der Waals surface area contributed by atoms with Crippen LogP contribution >= 0.6 is 0 Å². The normalized spacial score (nSPS) is 11.5. The van der Waals surface area contributed by atoms with Crippen LogP contribution < -0.4 is 4.74 Å². The number of alkyl halides is 3. The monoisotopic (exact) mass is 207 g/mol. The molecule has 0 aliphatic heterocycles. The highest BCUT2D eigenvalue weighted by Gasteiger charge is 2.37. The van der Waals surface area contributed by atoms with Gasteiger partial charge in [0.15, 0.2) is 0 Å². The smallest absolute Gasteiger partial charge is 0.420 e. The summed E-state index contributed by atoms with van der Waals surface area (Å²) in [4.78, 5) is 3.52. The van der Waals surface area contributed by atoms with Crippen LogP contribution in [0.4, 0.5) is 13.2 Å². The van der Waals surface area contributed by atoms with Gasteiger partial charge in [0.25, 0.3) is 0 Å². The van der Waals surface area contributed by atoms with E-state index in [4.69, 9.17) is 5.11 Å². The first-order valence-corrected chi connectivity index (χ1v) is 3.69. The Kier molecular flexibility index (Phi) is 2.95. The Morgan fingerprint density at radius 2 is 2.07 bits per heavy atom. The van der Waals surface area contributed by atoms with Crippen molar-refractivity contribution < 1.29 is 23.0 Å². The molecular formula is C8H8F3NO2. The average molecular weight is 207 g/mol. The fraction of sp³-hybridized carbons (Fsp3) is 0.375. The van der Waals surface area contributed by atoms with Gasteiger partial charge in [-0.05, 0) is 0 Å². The van der Waals surface area contributed by atoms with Gasteiger partial charge in [-0.2, -0.15) is 13.2 Å². The number of aliphatic hydroxyl groups is 1. The molecule has 0 atom stereocenters. The molecule has 0 unspecified atom stereocenters. The molecule has 1 aromatic rings. The standard InChI is InChI=1S/C8H8F3NO2/c1-14-6-3-12-2-5(4-13)7(6)8(9,10)11/h2-3,13H,4H2,1H3. The van der Waals surface area contributed by atoms with Crippen LogP contribution in [0.2, 0.25) is 0 Å². The van der Waals surface area contributed by atoms with E-state index >= 15 is 0 Å². The molecule has 6 heteroatoms. The Morgan fingerprint density at radius 1 is 1.43 bits per heavy atom. The van der Waals surface area contributed by atoms with Crippen LogP contribution in [-0.2, 0) is 12.8 Å². The fourth-order valence-electron chi connectivity index (χ4n) is 1.08. The first kappa shape index (κ1) is 10.8. The molecule has 1 N–H and O–H groups in total. The number of rotatable bonds is 2. The van der Waals surface area contributed by atoms with Gasteiger partial charge < -0.3 is 9.84 Å². The lowest BCUT2D eigenvalue weighted by atomic mass is 10.1. The van der Waals surface area contributed by atoms with Crippen molar-refractivity contribution >= 4 is 0 Å². The van der Waals surface area contributed by atoms with Crippen molar-refractivity contribution in [2.45, 2.75) is 12.8 Å². The minimum absolute atomic E-state index is 0.295. The van der Waals surface area contributed by atoms with E-state index in [1.54, 1.807) is 0 Å². The van der Waals surface area contributed by atoms with Gasteiger partial charge in [0.05, 0.1) is 19.9 Å². The third kappa shape index (κ3) is 1.95. The van der Waals surface area contributed by atoms with E-state index in [1.807, 2.05) is 0 Å². The zero-order chi connectivity index (χ0) is 10.8. The lowest BCUT2D eigenvalue weighted by molar-refractivity contribution is -0.139. The highest BCUT2D eigenvalue weighted by atomic mass is 19.4. The van der Waals surface area contributed by atoms with Crippen molar-refractivity contribution in [3.63, 3.8) is 0 Å². The van der Waals surface area contributed by atoms with E-state index in [0.717, 1.165) is 19.5 Å². The van der Waals surface area contributed by atoms with Crippen LogP contribution in [-0.4, -0.2) is 17.2 Å². The first-order chi connectivity index (χ1) is 6.50. The summed E-state index contributed by atoms with van der Waals surface area (Å²) in [6.07, 6.45) is -2.63. The van der Waals surface area contributed by atoms with Crippen LogP contribution in [0.15, 0.2) is 12.4 Å². The molecule has 14 heavy (non-hydrogen) atoms. The summed E-state index contributed by atoms with van der Waals surface area (Å²) < 4.78 is 41.9. The third-order valence-electron chi connectivity index (χ3n) is 1.66. The van der Waals surface area contributed by atoms with Crippen LogP contribution in [0.5, 0.6) is 5.75 Å². The molecule has 0 bridgehead atoms. The third-order valence-corrected chi connectivity index (χ3v) is 1.66. The fourth-order valence-corrected chi connectivity index (χ4v) is 1.08. The van der Waals surface area contributed by atoms with Crippen LogP contribution in [0.25, 0.3) is 0 Å². The maximum atomic E-state index is 12.5. The van der Waals surface area contributed by atoms with E-state index in [1.165, 1.54) is 0 Å². The van der Waals surface area contributed by atoms with Gasteiger partial charge >= 0.3 is 6.18 Å². The Balaban J connectivity index is 3.34. The Morgan fingerprint density at radius 3 is 2.50 bits per heavy atom. The average Bonchev–Trinajstić information content (AvgIpc) is 2.15. The molecule has 0 fully saturated rings. The van der Waals surface area contributed by atoms with Crippen molar-refractivity contribution in [3.05, 3.63) is 23.5 Å². The SMILES string of the molecule is COc1cncc(CO)c1C(F)(F)F. The van der Waals surface area contributed by atoms with Crippen molar-refractivity contribution in [1.82, 2.24) is 4.98 Å². The number of ether oxygens (including phenoxy) is 1. The largest absolute Gasteiger partial charge is 0.494 e. The summed E-state index contributed by atoms with van der Waals surface area (Å²) >= 11 is 0. The van der Waals surface area contributed by atoms with Gasteiger partial charge in [0.2, 0.25) is 0 Å².